The van der Waals surface area contributed by atoms with E-state index in [9.17, 15) is 9.59 Å². The molecule has 1 aromatic heterocycles. The number of nitrogens with one attached hydrogen (secondary N) is 1. The Bertz CT molecular complexity index is 958. The fourth-order valence-electron chi connectivity index (χ4n) is 2.23. The number of hydrogen-bond donors (Lipinski definition) is 1. The highest BCUT2D eigenvalue weighted by Gasteiger charge is 2.07. The third-order valence-corrected chi connectivity index (χ3v) is 3.47. The largest absolute Gasteiger partial charge is 0.463 e. The van der Waals surface area contributed by atoms with Crippen LogP contribution in [0, 0.1) is 6.92 Å². The molecule has 0 bridgehead atoms. The van der Waals surface area contributed by atoms with Gasteiger partial charge < -0.3 is 4.42 Å². The highest BCUT2D eigenvalue weighted by atomic mass is 16.3. The molecule has 0 aliphatic heterocycles. The van der Waals surface area contributed by atoms with Crippen LogP contribution in [0.2, 0.25) is 0 Å². The van der Waals surface area contributed by atoms with Crippen molar-refractivity contribution in [2.75, 3.05) is 0 Å². The van der Waals surface area contributed by atoms with Crippen molar-refractivity contribution in [2.24, 2.45) is 5.10 Å². The molecule has 0 unspecified atom stereocenters. The van der Waals surface area contributed by atoms with E-state index in [0.29, 0.717) is 16.5 Å². The van der Waals surface area contributed by atoms with Gasteiger partial charge in [0.15, 0.2) is 0 Å². The fourth-order valence-corrected chi connectivity index (χ4v) is 2.23. The standard InChI is InChI=1S/C18H14N2O3/c1-12-6-2-3-7-14(12)18(22)20-19-10-13-11-23-16-9-5-4-8-15(16)17(13)21/h2-11H,1H3,(H,20,22). The molecule has 3 rings (SSSR count). The molecule has 114 valence electrons. The monoisotopic (exact) mass is 306 g/mol. The topological polar surface area (TPSA) is 71.7 Å². The molecule has 1 heterocycles. The number of hydrazone groups is 1. The highest BCUT2D eigenvalue weighted by Crippen LogP contribution is 2.09. The Kier molecular flexibility index (Phi) is 4.01. The molecular weight excluding hydrogens is 292 g/mol. The maximum atomic E-state index is 12.3. The quantitative estimate of drug-likeness (QED) is 0.597. The first kappa shape index (κ1) is 14.7. The Labute approximate surface area is 132 Å². The third kappa shape index (κ3) is 3.03. The van der Waals surface area contributed by atoms with E-state index in [1.165, 1.54) is 12.5 Å². The van der Waals surface area contributed by atoms with Crippen LogP contribution in [0.15, 0.2) is 69.1 Å². The van der Waals surface area contributed by atoms with Gasteiger partial charge in [-0.15, -0.1) is 0 Å². The minimum Gasteiger partial charge on any atom is -0.463 e. The molecule has 0 saturated heterocycles. The number of hydrogen-bond acceptors (Lipinski definition) is 4. The lowest BCUT2D eigenvalue weighted by molar-refractivity contribution is 0.0954. The number of fused-ring (bicyclic) bond motifs is 1. The van der Waals surface area contributed by atoms with Crippen LogP contribution in [0.5, 0.6) is 0 Å². The summed E-state index contributed by atoms with van der Waals surface area (Å²) < 4.78 is 5.38. The number of aryl methyl sites for hydroxylation is 1. The molecule has 0 fully saturated rings. The Hall–Kier alpha value is -3.21. The van der Waals surface area contributed by atoms with Crippen molar-refractivity contribution in [1.29, 1.82) is 0 Å². The van der Waals surface area contributed by atoms with E-state index in [1.54, 1.807) is 36.4 Å². The maximum Gasteiger partial charge on any atom is 0.271 e. The summed E-state index contributed by atoms with van der Waals surface area (Å²) in [5.74, 6) is -0.329. The Morgan fingerprint density at radius 3 is 2.70 bits per heavy atom. The van der Waals surface area contributed by atoms with Crippen LogP contribution in [-0.2, 0) is 0 Å². The van der Waals surface area contributed by atoms with Gasteiger partial charge in [-0.05, 0) is 30.7 Å². The molecule has 0 atom stereocenters. The predicted molar refractivity (Wildman–Crippen MR) is 88.7 cm³/mol. The summed E-state index contributed by atoms with van der Waals surface area (Å²) in [7, 11) is 0. The molecule has 0 spiro atoms. The summed E-state index contributed by atoms with van der Waals surface area (Å²) in [6, 6.07) is 14.2. The lowest BCUT2D eigenvalue weighted by Gasteiger charge is -2.03. The zero-order valence-electron chi connectivity index (χ0n) is 12.4. The molecule has 5 nitrogen and oxygen atoms in total. The SMILES string of the molecule is Cc1ccccc1C(=O)NN=Cc1coc2ccccc2c1=O. The fraction of sp³-hybridized carbons (Fsp3) is 0.0556. The minimum absolute atomic E-state index is 0.194. The van der Waals surface area contributed by atoms with Gasteiger partial charge in [0, 0.05) is 5.56 Å². The van der Waals surface area contributed by atoms with Gasteiger partial charge in [-0.1, -0.05) is 30.3 Å². The van der Waals surface area contributed by atoms with Gasteiger partial charge >= 0.3 is 0 Å². The second-order valence-corrected chi connectivity index (χ2v) is 5.03. The number of carbonyl (C=O) groups is 1. The van der Waals surface area contributed by atoms with E-state index in [2.05, 4.69) is 10.5 Å². The summed E-state index contributed by atoms with van der Waals surface area (Å²) >= 11 is 0. The van der Waals surface area contributed by atoms with Crippen molar-refractivity contribution in [3.63, 3.8) is 0 Å². The van der Waals surface area contributed by atoms with E-state index in [0.717, 1.165) is 5.56 Å². The normalized spacial score (nSPS) is 11.0. The molecule has 1 amide bonds. The molecule has 3 aromatic rings. The average Bonchev–Trinajstić information content (AvgIpc) is 2.57. The Morgan fingerprint density at radius 1 is 1.13 bits per heavy atom. The first-order valence-corrected chi connectivity index (χ1v) is 7.06. The summed E-state index contributed by atoms with van der Waals surface area (Å²) in [5.41, 5.74) is 4.39. The van der Waals surface area contributed by atoms with E-state index >= 15 is 0 Å². The van der Waals surface area contributed by atoms with Crippen molar-refractivity contribution >= 4 is 23.1 Å². The molecule has 2 aromatic carbocycles. The number of nitrogens with zero attached hydrogens (tertiary/aromatic N) is 1. The summed E-state index contributed by atoms with van der Waals surface area (Å²) in [5, 5.41) is 4.32. The van der Waals surface area contributed by atoms with Crippen molar-refractivity contribution in [3.8, 4) is 0 Å². The number of amides is 1. The van der Waals surface area contributed by atoms with Gasteiger partial charge in [0.2, 0.25) is 5.43 Å². The molecular formula is C18H14N2O3. The first-order chi connectivity index (χ1) is 11.2. The van der Waals surface area contributed by atoms with Crippen LogP contribution in [0.3, 0.4) is 0 Å². The van der Waals surface area contributed by atoms with Crippen molar-refractivity contribution < 1.29 is 9.21 Å². The van der Waals surface area contributed by atoms with E-state index in [1.807, 2.05) is 19.1 Å². The van der Waals surface area contributed by atoms with Gasteiger partial charge in [0.05, 0.1) is 17.2 Å². The zero-order chi connectivity index (χ0) is 16.2. The predicted octanol–water partition coefficient (Wildman–Crippen LogP) is 2.87. The number of para-hydroxylation sites is 1. The van der Waals surface area contributed by atoms with Gasteiger partial charge in [-0.25, -0.2) is 5.43 Å². The summed E-state index contributed by atoms with van der Waals surface area (Å²) in [6.45, 7) is 1.84. The smallest absolute Gasteiger partial charge is 0.271 e. The van der Waals surface area contributed by atoms with Crippen LogP contribution >= 0.6 is 0 Å². The Morgan fingerprint density at radius 2 is 1.87 bits per heavy atom. The van der Waals surface area contributed by atoms with Crippen molar-refractivity contribution in [2.45, 2.75) is 6.92 Å². The molecule has 5 heteroatoms. The van der Waals surface area contributed by atoms with Gasteiger partial charge in [-0.2, -0.15) is 5.10 Å². The van der Waals surface area contributed by atoms with Gasteiger partial charge in [0.25, 0.3) is 5.91 Å². The van der Waals surface area contributed by atoms with Crippen molar-refractivity contribution in [3.05, 3.63) is 81.7 Å². The number of benzene rings is 2. The first-order valence-electron chi connectivity index (χ1n) is 7.06. The second kappa shape index (κ2) is 6.27. The molecule has 0 radical (unpaired) electrons. The van der Waals surface area contributed by atoms with Crippen LogP contribution in [-0.4, -0.2) is 12.1 Å². The highest BCUT2D eigenvalue weighted by molar-refractivity contribution is 5.96. The van der Waals surface area contributed by atoms with Gasteiger partial charge in [0.1, 0.15) is 11.8 Å². The molecule has 0 aliphatic rings. The summed E-state index contributed by atoms with van der Waals surface area (Å²) in [6.07, 6.45) is 2.61. The third-order valence-electron chi connectivity index (χ3n) is 3.47. The Balaban J connectivity index is 1.81. The zero-order valence-corrected chi connectivity index (χ0v) is 12.4. The lowest BCUT2D eigenvalue weighted by Crippen LogP contribution is -2.19. The van der Waals surface area contributed by atoms with E-state index in [-0.39, 0.29) is 16.9 Å². The van der Waals surface area contributed by atoms with Crippen LogP contribution in [0.25, 0.3) is 11.0 Å². The second-order valence-electron chi connectivity index (χ2n) is 5.03. The van der Waals surface area contributed by atoms with E-state index in [4.69, 9.17) is 4.42 Å². The van der Waals surface area contributed by atoms with Gasteiger partial charge in [-0.3, -0.25) is 9.59 Å². The minimum atomic E-state index is -0.329. The number of rotatable bonds is 3. The molecule has 1 N–H and O–H groups in total. The lowest BCUT2D eigenvalue weighted by atomic mass is 10.1. The maximum absolute atomic E-state index is 12.3. The molecule has 0 saturated carbocycles. The van der Waals surface area contributed by atoms with Crippen LogP contribution < -0.4 is 10.9 Å². The van der Waals surface area contributed by atoms with Crippen LogP contribution in [0.4, 0.5) is 0 Å². The van der Waals surface area contributed by atoms with E-state index < -0.39 is 0 Å². The summed E-state index contributed by atoms with van der Waals surface area (Å²) in [4.78, 5) is 24.3. The van der Waals surface area contributed by atoms with Crippen molar-refractivity contribution in [1.82, 2.24) is 5.43 Å². The molecule has 0 aliphatic carbocycles. The van der Waals surface area contributed by atoms with Crippen LogP contribution in [0.1, 0.15) is 21.5 Å². The number of carbonyl (C=O) groups excluding carboxylic acids is 1. The molecule has 23 heavy (non-hydrogen) atoms. The average molecular weight is 306 g/mol.